The summed E-state index contributed by atoms with van der Waals surface area (Å²) in [6.45, 7) is 16.7. The summed E-state index contributed by atoms with van der Waals surface area (Å²) in [5, 5.41) is 10.1. The van der Waals surface area contributed by atoms with Gasteiger partial charge in [-0.1, -0.05) is 20.8 Å². The standard InChI is InChI=1S/C20H33NO4Si/c1-13-14(25-26(8,9)18(2,3)4)10-16-20(12-21,17(13)23-7)15(22)11-19(5,6)24-16/h16-17H,10-11H2,1-9H3/t16-,17+,20-/m1/s1. The summed E-state index contributed by atoms with van der Waals surface area (Å²) in [4.78, 5) is 13.0. The van der Waals surface area contributed by atoms with E-state index in [1.165, 1.54) is 0 Å². The van der Waals surface area contributed by atoms with Crippen molar-refractivity contribution in [2.45, 2.75) is 90.3 Å². The number of ether oxygens (including phenoxy) is 2. The van der Waals surface area contributed by atoms with Gasteiger partial charge in [0.2, 0.25) is 8.32 Å². The third-order valence-corrected chi connectivity index (χ3v) is 10.6. The molecule has 26 heavy (non-hydrogen) atoms. The predicted octanol–water partition coefficient (Wildman–Crippen LogP) is 4.35. The van der Waals surface area contributed by atoms with Crippen molar-refractivity contribution in [1.29, 1.82) is 5.26 Å². The molecule has 146 valence electrons. The second-order valence-corrected chi connectivity index (χ2v) is 14.5. The van der Waals surface area contributed by atoms with Gasteiger partial charge in [0.25, 0.3) is 0 Å². The van der Waals surface area contributed by atoms with Crippen LogP contribution in [0.2, 0.25) is 18.1 Å². The van der Waals surface area contributed by atoms with E-state index < -0.39 is 31.5 Å². The highest BCUT2D eigenvalue weighted by Gasteiger charge is 2.62. The number of fused-ring (bicyclic) bond motifs is 1. The molecule has 1 aliphatic carbocycles. The summed E-state index contributed by atoms with van der Waals surface area (Å²) in [5.74, 6) is 0.726. The molecule has 0 bridgehead atoms. The molecule has 0 aromatic heterocycles. The molecule has 1 fully saturated rings. The number of nitriles is 1. The lowest BCUT2D eigenvalue weighted by Gasteiger charge is -2.51. The minimum atomic E-state index is -2.06. The molecule has 0 radical (unpaired) electrons. The average molecular weight is 380 g/mol. The van der Waals surface area contributed by atoms with Crippen LogP contribution in [0.15, 0.2) is 11.3 Å². The molecule has 0 spiro atoms. The van der Waals surface area contributed by atoms with Gasteiger partial charge in [0, 0.05) is 20.0 Å². The van der Waals surface area contributed by atoms with Gasteiger partial charge in [-0.3, -0.25) is 4.79 Å². The van der Waals surface area contributed by atoms with Gasteiger partial charge in [-0.2, -0.15) is 5.26 Å². The summed E-state index contributed by atoms with van der Waals surface area (Å²) in [5.41, 5.74) is -1.05. The van der Waals surface area contributed by atoms with Crippen LogP contribution >= 0.6 is 0 Å². The summed E-state index contributed by atoms with van der Waals surface area (Å²) in [6, 6.07) is 2.27. The molecule has 0 N–H and O–H groups in total. The summed E-state index contributed by atoms with van der Waals surface area (Å²) in [7, 11) is -0.509. The second-order valence-electron chi connectivity index (χ2n) is 9.74. The molecular formula is C20H33NO4Si. The fraction of sp³-hybridized carbons (Fsp3) is 0.800. The number of Topliss-reactive ketones (excluding diaryl/α,β-unsaturated/α-hetero) is 1. The lowest BCUT2D eigenvalue weighted by atomic mass is 9.63. The minimum absolute atomic E-state index is 0.0507. The Morgan fingerprint density at radius 2 is 1.88 bits per heavy atom. The number of rotatable bonds is 3. The lowest BCUT2D eigenvalue weighted by Crippen LogP contribution is -2.62. The average Bonchev–Trinajstić information content (AvgIpc) is 2.46. The monoisotopic (exact) mass is 379 g/mol. The molecule has 1 saturated heterocycles. The van der Waals surface area contributed by atoms with Gasteiger partial charge >= 0.3 is 0 Å². The van der Waals surface area contributed by atoms with Gasteiger partial charge < -0.3 is 13.9 Å². The van der Waals surface area contributed by atoms with Crippen LogP contribution in [0.4, 0.5) is 0 Å². The summed E-state index contributed by atoms with van der Waals surface area (Å²) in [6.07, 6.45) is -0.560. The van der Waals surface area contributed by atoms with Crippen LogP contribution in [-0.2, 0) is 18.7 Å². The van der Waals surface area contributed by atoms with E-state index in [2.05, 4.69) is 39.9 Å². The van der Waals surface area contributed by atoms with Crippen LogP contribution in [0.25, 0.3) is 0 Å². The number of carbonyl (C=O) groups excluding carboxylic acids is 1. The van der Waals surface area contributed by atoms with E-state index in [-0.39, 0.29) is 17.2 Å². The van der Waals surface area contributed by atoms with Gasteiger partial charge in [0.05, 0.1) is 23.5 Å². The number of hydrogen-bond donors (Lipinski definition) is 0. The number of carbonyl (C=O) groups is 1. The Labute approximate surface area is 158 Å². The zero-order valence-electron chi connectivity index (χ0n) is 17.6. The van der Waals surface area contributed by atoms with E-state index in [9.17, 15) is 10.1 Å². The third kappa shape index (κ3) is 3.26. The maximum absolute atomic E-state index is 13.0. The molecule has 3 atom stereocenters. The quantitative estimate of drug-likeness (QED) is 0.682. The number of ketones is 1. The first-order valence-corrected chi connectivity index (χ1v) is 12.2. The first kappa shape index (κ1) is 21.1. The minimum Gasteiger partial charge on any atom is -0.546 e. The van der Waals surface area contributed by atoms with Crippen LogP contribution in [0.5, 0.6) is 0 Å². The van der Waals surface area contributed by atoms with E-state index in [1.54, 1.807) is 7.11 Å². The number of methoxy groups -OCH3 is 1. The van der Waals surface area contributed by atoms with Gasteiger partial charge in [0.15, 0.2) is 11.2 Å². The topological polar surface area (TPSA) is 68.6 Å². The first-order chi connectivity index (χ1) is 11.7. The van der Waals surface area contributed by atoms with E-state index in [0.29, 0.717) is 6.42 Å². The van der Waals surface area contributed by atoms with Gasteiger partial charge in [-0.25, -0.2) is 0 Å². The maximum Gasteiger partial charge on any atom is 0.250 e. The normalized spacial score (nSPS) is 32.1. The molecule has 1 heterocycles. The summed E-state index contributed by atoms with van der Waals surface area (Å²) >= 11 is 0. The molecule has 0 saturated carbocycles. The zero-order valence-corrected chi connectivity index (χ0v) is 18.6. The molecule has 0 aromatic carbocycles. The van der Waals surface area contributed by atoms with Crippen molar-refractivity contribution < 1.29 is 18.7 Å². The molecule has 1 aliphatic heterocycles. The molecule has 5 nitrogen and oxygen atoms in total. The highest BCUT2D eigenvalue weighted by atomic mass is 28.4. The van der Waals surface area contributed by atoms with Crippen molar-refractivity contribution in [1.82, 2.24) is 0 Å². The Hall–Kier alpha value is -1.16. The first-order valence-electron chi connectivity index (χ1n) is 9.25. The third-order valence-electron chi connectivity index (χ3n) is 6.24. The fourth-order valence-corrected chi connectivity index (χ4v) is 4.87. The van der Waals surface area contributed by atoms with Crippen molar-refractivity contribution in [2.24, 2.45) is 5.41 Å². The van der Waals surface area contributed by atoms with Crippen molar-refractivity contribution in [3.8, 4) is 6.07 Å². The molecule has 0 unspecified atom stereocenters. The van der Waals surface area contributed by atoms with Crippen LogP contribution in [-0.4, -0.2) is 39.0 Å². The van der Waals surface area contributed by atoms with Gasteiger partial charge in [-0.05, 0) is 44.5 Å². The van der Waals surface area contributed by atoms with Crippen molar-refractivity contribution in [3.05, 3.63) is 11.3 Å². The van der Waals surface area contributed by atoms with Crippen molar-refractivity contribution >= 4 is 14.1 Å². The van der Waals surface area contributed by atoms with E-state index >= 15 is 0 Å². The van der Waals surface area contributed by atoms with E-state index in [0.717, 1.165) is 11.3 Å². The number of nitrogens with zero attached hydrogens (tertiary/aromatic N) is 1. The predicted molar refractivity (Wildman–Crippen MR) is 103 cm³/mol. The largest absolute Gasteiger partial charge is 0.546 e. The highest BCUT2D eigenvalue weighted by molar-refractivity contribution is 6.74. The molecule has 2 aliphatic rings. The summed E-state index contributed by atoms with van der Waals surface area (Å²) < 4.78 is 18.5. The number of hydrogen-bond acceptors (Lipinski definition) is 5. The zero-order chi connectivity index (χ0) is 20.1. The van der Waals surface area contributed by atoms with Crippen LogP contribution < -0.4 is 0 Å². The molecule has 2 rings (SSSR count). The molecule has 6 heteroatoms. The Balaban J connectivity index is 2.53. The SMILES string of the molecule is CO[C@H]1C(C)=C(O[Si](C)(C)C(C)(C)C)C[C@H]2OC(C)(C)CC(=O)[C@]21C#N. The maximum atomic E-state index is 13.0. The van der Waals surface area contributed by atoms with Crippen molar-refractivity contribution in [2.75, 3.05) is 7.11 Å². The smallest absolute Gasteiger partial charge is 0.250 e. The van der Waals surface area contributed by atoms with Crippen LogP contribution in [0.1, 0.15) is 54.4 Å². The van der Waals surface area contributed by atoms with E-state index in [1.807, 2.05) is 20.8 Å². The second kappa shape index (κ2) is 6.47. The van der Waals surface area contributed by atoms with Crippen LogP contribution in [0.3, 0.4) is 0 Å². The Bertz CT molecular complexity index is 668. The van der Waals surface area contributed by atoms with Crippen LogP contribution in [0, 0.1) is 16.7 Å². The highest BCUT2D eigenvalue weighted by Crippen LogP contribution is 2.51. The van der Waals surface area contributed by atoms with Crippen molar-refractivity contribution in [3.63, 3.8) is 0 Å². The Morgan fingerprint density at radius 1 is 1.31 bits per heavy atom. The Kier molecular flexibility index (Phi) is 5.26. The molecule has 0 aromatic rings. The Morgan fingerprint density at radius 3 is 2.35 bits per heavy atom. The van der Waals surface area contributed by atoms with Gasteiger partial charge in [-0.15, -0.1) is 0 Å². The fourth-order valence-electron chi connectivity index (χ4n) is 3.71. The molecular weight excluding hydrogens is 346 g/mol. The van der Waals surface area contributed by atoms with Gasteiger partial charge in [0.1, 0.15) is 6.10 Å². The van der Waals surface area contributed by atoms with E-state index in [4.69, 9.17) is 13.9 Å². The molecule has 0 amide bonds. The lowest BCUT2D eigenvalue weighted by molar-refractivity contribution is -0.191.